The van der Waals surface area contributed by atoms with Gasteiger partial charge in [0.25, 0.3) is 0 Å². The largest absolute Gasteiger partial charge is 0.377 e. The summed E-state index contributed by atoms with van der Waals surface area (Å²) >= 11 is 0. The Morgan fingerprint density at radius 2 is 1.69 bits per heavy atom. The topological polar surface area (TPSA) is 26.3 Å². The fraction of sp³-hybridized carbons (Fsp3) is 0.792. The maximum absolute atomic E-state index is 12.0. The second-order valence-corrected chi connectivity index (χ2v) is 9.24. The standard InChI is InChI=1S/C24H42O2/c1-16(2)22(15-21-9-11-23(26-8)12-10-21)13-18(5)19(6)14-24(17(3)4)20(7)25/h9-11,16-19,22-24H,12-15H2,1-8H3/t18-,19?,22?,23?,24+/m1/s1. The van der Waals surface area contributed by atoms with Crippen LogP contribution in [0.2, 0.25) is 0 Å². The van der Waals surface area contributed by atoms with Crippen molar-refractivity contribution in [2.45, 2.75) is 80.3 Å². The van der Waals surface area contributed by atoms with Gasteiger partial charge < -0.3 is 4.74 Å². The minimum absolute atomic E-state index is 0.208. The van der Waals surface area contributed by atoms with Crippen molar-refractivity contribution in [2.24, 2.45) is 35.5 Å². The Morgan fingerprint density at radius 3 is 2.12 bits per heavy atom. The molecule has 0 aromatic rings. The van der Waals surface area contributed by atoms with E-state index in [0.717, 1.165) is 19.3 Å². The monoisotopic (exact) mass is 362 g/mol. The average Bonchev–Trinajstić information content (AvgIpc) is 2.58. The predicted molar refractivity (Wildman–Crippen MR) is 112 cm³/mol. The van der Waals surface area contributed by atoms with Crippen molar-refractivity contribution >= 4 is 5.78 Å². The van der Waals surface area contributed by atoms with Gasteiger partial charge in [-0.15, -0.1) is 0 Å². The van der Waals surface area contributed by atoms with Crippen molar-refractivity contribution in [3.63, 3.8) is 0 Å². The van der Waals surface area contributed by atoms with Crippen LogP contribution in [0.15, 0.2) is 23.8 Å². The molecule has 0 spiro atoms. The number of ether oxygens (including phenoxy) is 1. The smallest absolute Gasteiger partial charge is 0.133 e. The fourth-order valence-corrected chi connectivity index (χ4v) is 4.12. The molecule has 2 heteroatoms. The Hall–Kier alpha value is -0.890. The summed E-state index contributed by atoms with van der Waals surface area (Å²) in [7, 11) is 1.78. The molecule has 26 heavy (non-hydrogen) atoms. The van der Waals surface area contributed by atoms with Crippen LogP contribution in [0.3, 0.4) is 0 Å². The van der Waals surface area contributed by atoms with Gasteiger partial charge in [-0.05, 0) is 62.2 Å². The molecule has 1 aliphatic rings. The van der Waals surface area contributed by atoms with E-state index >= 15 is 0 Å². The summed E-state index contributed by atoms with van der Waals surface area (Å²) in [4.78, 5) is 12.0. The zero-order chi connectivity index (χ0) is 19.9. The van der Waals surface area contributed by atoms with Gasteiger partial charge in [0.05, 0.1) is 6.10 Å². The molecule has 0 amide bonds. The lowest BCUT2D eigenvalue weighted by atomic mass is 9.74. The first-order chi connectivity index (χ1) is 12.1. The average molecular weight is 363 g/mol. The number of carbonyl (C=O) groups is 1. The molecule has 3 unspecified atom stereocenters. The molecule has 2 nitrogen and oxygen atoms in total. The van der Waals surface area contributed by atoms with E-state index in [1.807, 2.05) is 0 Å². The van der Waals surface area contributed by atoms with Crippen LogP contribution < -0.4 is 0 Å². The lowest BCUT2D eigenvalue weighted by Crippen LogP contribution is -2.25. The molecule has 0 radical (unpaired) electrons. The number of methoxy groups -OCH3 is 1. The minimum atomic E-state index is 0.208. The minimum Gasteiger partial charge on any atom is -0.377 e. The molecule has 0 aliphatic heterocycles. The lowest BCUT2D eigenvalue weighted by molar-refractivity contribution is -0.122. The molecule has 0 N–H and O–H groups in total. The van der Waals surface area contributed by atoms with Crippen LogP contribution in [0.25, 0.3) is 0 Å². The molecule has 150 valence electrons. The number of allylic oxidation sites excluding steroid dienone is 2. The van der Waals surface area contributed by atoms with Gasteiger partial charge in [-0.1, -0.05) is 65.3 Å². The lowest BCUT2D eigenvalue weighted by Gasteiger charge is -2.31. The summed E-state index contributed by atoms with van der Waals surface area (Å²) in [5, 5.41) is 0. The normalized spacial score (nSPS) is 22.2. The molecule has 0 fully saturated rings. The van der Waals surface area contributed by atoms with Gasteiger partial charge in [-0.2, -0.15) is 0 Å². The Labute approximate surface area is 162 Å². The van der Waals surface area contributed by atoms with Gasteiger partial charge in [0.1, 0.15) is 5.78 Å². The molecule has 5 atom stereocenters. The molecule has 0 saturated heterocycles. The number of hydrogen-bond donors (Lipinski definition) is 0. The first-order valence-electron chi connectivity index (χ1n) is 10.6. The van der Waals surface area contributed by atoms with E-state index in [9.17, 15) is 4.79 Å². The predicted octanol–water partition coefficient (Wildman–Crippen LogP) is 6.46. The van der Waals surface area contributed by atoms with Gasteiger partial charge in [-0.25, -0.2) is 0 Å². The highest BCUT2D eigenvalue weighted by Crippen LogP contribution is 2.34. The van der Waals surface area contributed by atoms with E-state index in [1.165, 1.54) is 12.0 Å². The summed E-state index contributed by atoms with van der Waals surface area (Å²) in [6.45, 7) is 15.5. The first kappa shape index (κ1) is 23.1. The van der Waals surface area contributed by atoms with Crippen molar-refractivity contribution in [3.8, 4) is 0 Å². The maximum atomic E-state index is 12.0. The zero-order valence-electron chi connectivity index (χ0n) is 18.4. The molecular formula is C24H42O2. The third-order valence-corrected chi connectivity index (χ3v) is 6.48. The van der Waals surface area contributed by atoms with Crippen molar-refractivity contribution in [1.82, 2.24) is 0 Å². The highest BCUT2D eigenvalue weighted by molar-refractivity contribution is 5.78. The summed E-state index contributed by atoms with van der Waals surface area (Å²) in [6.07, 6.45) is 11.5. The summed E-state index contributed by atoms with van der Waals surface area (Å²) in [5.41, 5.74) is 1.46. The molecule has 1 rings (SSSR count). The first-order valence-corrected chi connectivity index (χ1v) is 10.6. The number of Topliss-reactive ketones (excluding diaryl/α,β-unsaturated/α-hetero) is 1. The second kappa shape index (κ2) is 11.1. The van der Waals surface area contributed by atoms with Crippen LogP contribution in [0.4, 0.5) is 0 Å². The SMILES string of the molecule is COC1C=CC(CC(C[C@@H](C)C(C)C[C@H](C(C)=O)C(C)C)C(C)C)=CC1. The Morgan fingerprint density at radius 1 is 1.08 bits per heavy atom. The molecule has 0 heterocycles. The molecule has 0 bridgehead atoms. The van der Waals surface area contributed by atoms with Gasteiger partial charge in [-0.3, -0.25) is 4.79 Å². The van der Waals surface area contributed by atoms with Crippen LogP contribution in [0, 0.1) is 35.5 Å². The Balaban J connectivity index is 2.64. The van der Waals surface area contributed by atoms with Crippen LogP contribution in [0.5, 0.6) is 0 Å². The van der Waals surface area contributed by atoms with Gasteiger partial charge in [0.15, 0.2) is 0 Å². The van der Waals surface area contributed by atoms with E-state index in [-0.39, 0.29) is 12.0 Å². The van der Waals surface area contributed by atoms with E-state index < -0.39 is 0 Å². The third-order valence-electron chi connectivity index (χ3n) is 6.48. The van der Waals surface area contributed by atoms with Crippen LogP contribution in [-0.4, -0.2) is 19.0 Å². The number of carbonyl (C=O) groups excluding carboxylic acids is 1. The van der Waals surface area contributed by atoms with Crippen LogP contribution in [0.1, 0.15) is 74.1 Å². The van der Waals surface area contributed by atoms with Gasteiger partial charge >= 0.3 is 0 Å². The molecule has 0 aromatic carbocycles. The van der Waals surface area contributed by atoms with E-state index in [2.05, 4.69) is 59.8 Å². The van der Waals surface area contributed by atoms with E-state index in [4.69, 9.17) is 4.74 Å². The molecule has 0 aromatic heterocycles. The third kappa shape index (κ3) is 7.39. The van der Waals surface area contributed by atoms with Crippen LogP contribution >= 0.6 is 0 Å². The van der Waals surface area contributed by atoms with Gasteiger partial charge in [0.2, 0.25) is 0 Å². The second-order valence-electron chi connectivity index (χ2n) is 9.24. The van der Waals surface area contributed by atoms with Gasteiger partial charge in [0, 0.05) is 13.0 Å². The number of hydrogen-bond acceptors (Lipinski definition) is 2. The highest BCUT2D eigenvalue weighted by atomic mass is 16.5. The van der Waals surface area contributed by atoms with Crippen molar-refractivity contribution in [3.05, 3.63) is 23.8 Å². The van der Waals surface area contributed by atoms with Crippen molar-refractivity contribution in [2.75, 3.05) is 7.11 Å². The molecular weight excluding hydrogens is 320 g/mol. The van der Waals surface area contributed by atoms with Crippen molar-refractivity contribution < 1.29 is 9.53 Å². The summed E-state index contributed by atoms with van der Waals surface area (Å²) in [6, 6.07) is 0. The molecule has 0 saturated carbocycles. The fourth-order valence-electron chi connectivity index (χ4n) is 4.12. The summed E-state index contributed by atoms with van der Waals surface area (Å²) < 4.78 is 5.40. The van der Waals surface area contributed by atoms with Crippen LogP contribution in [-0.2, 0) is 9.53 Å². The molecule has 1 aliphatic carbocycles. The Bertz CT molecular complexity index is 486. The number of rotatable bonds is 11. The quantitative estimate of drug-likeness (QED) is 0.421. The maximum Gasteiger partial charge on any atom is 0.133 e. The Kier molecular flexibility index (Phi) is 9.85. The van der Waals surface area contributed by atoms with E-state index in [0.29, 0.717) is 35.4 Å². The highest BCUT2D eigenvalue weighted by Gasteiger charge is 2.26. The summed E-state index contributed by atoms with van der Waals surface area (Å²) in [5.74, 6) is 3.59. The number of ketones is 1. The van der Waals surface area contributed by atoms with Crippen molar-refractivity contribution in [1.29, 1.82) is 0 Å². The zero-order valence-corrected chi connectivity index (χ0v) is 18.4. The van der Waals surface area contributed by atoms with E-state index in [1.54, 1.807) is 14.0 Å².